The average molecular weight is 207 g/mol. The van der Waals surface area contributed by atoms with Gasteiger partial charge in [0.25, 0.3) is 0 Å². The van der Waals surface area contributed by atoms with Gasteiger partial charge in [-0.3, -0.25) is 4.68 Å². The minimum Gasteiger partial charge on any atom is -0.315 e. The van der Waals surface area contributed by atoms with Crippen molar-refractivity contribution in [2.75, 3.05) is 13.1 Å². The summed E-state index contributed by atoms with van der Waals surface area (Å²) in [6.45, 7) is 8.93. The Morgan fingerprint density at radius 3 is 2.93 bits per heavy atom. The Morgan fingerprint density at radius 1 is 1.67 bits per heavy atom. The van der Waals surface area contributed by atoms with Crippen molar-refractivity contribution in [2.45, 2.75) is 33.1 Å². The van der Waals surface area contributed by atoms with Crippen molar-refractivity contribution in [3.05, 3.63) is 17.5 Å². The van der Waals surface area contributed by atoms with Crippen molar-refractivity contribution >= 4 is 0 Å². The van der Waals surface area contributed by atoms with Crippen molar-refractivity contribution in [1.29, 1.82) is 0 Å². The predicted molar refractivity (Wildman–Crippen MR) is 62.0 cm³/mol. The lowest BCUT2D eigenvalue weighted by molar-refractivity contribution is 0.299. The Labute approximate surface area is 91.9 Å². The fourth-order valence-electron chi connectivity index (χ4n) is 2.66. The molecule has 0 spiro atoms. The molecule has 15 heavy (non-hydrogen) atoms. The van der Waals surface area contributed by atoms with E-state index in [-0.39, 0.29) is 0 Å². The number of nitrogens with one attached hydrogen (secondary N) is 1. The van der Waals surface area contributed by atoms with Gasteiger partial charge in [-0.15, -0.1) is 0 Å². The lowest BCUT2D eigenvalue weighted by atomic mass is 9.76. The van der Waals surface area contributed by atoms with Gasteiger partial charge in [-0.25, -0.2) is 0 Å². The van der Waals surface area contributed by atoms with Gasteiger partial charge < -0.3 is 5.32 Å². The first-order valence-electron chi connectivity index (χ1n) is 5.78. The summed E-state index contributed by atoms with van der Waals surface area (Å²) in [6, 6.07) is 2.23. The van der Waals surface area contributed by atoms with Gasteiger partial charge in [-0.1, -0.05) is 13.8 Å². The molecule has 3 heteroatoms. The summed E-state index contributed by atoms with van der Waals surface area (Å²) in [5.41, 5.74) is 2.89. The monoisotopic (exact) mass is 207 g/mol. The normalized spacial score (nSPS) is 31.1. The van der Waals surface area contributed by atoms with E-state index in [0.29, 0.717) is 11.3 Å². The van der Waals surface area contributed by atoms with Crippen LogP contribution in [0.3, 0.4) is 0 Å². The molecule has 84 valence electrons. The molecule has 1 aromatic rings. The second kappa shape index (κ2) is 3.63. The van der Waals surface area contributed by atoms with Crippen LogP contribution >= 0.6 is 0 Å². The fraction of sp³-hybridized carbons (Fsp3) is 0.750. The zero-order chi connectivity index (χ0) is 11.1. The summed E-state index contributed by atoms with van der Waals surface area (Å²) in [7, 11) is 2.05. The molecule has 0 bridgehead atoms. The number of aromatic nitrogens is 2. The zero-order valence-electron chi connectivity index (χ0n) is 10.2. The van der Waals surface area contributed by atoms with Crippen LogP contribution in [0.4, 0.5) is 0 Å². The third-order valence-electron chi connectivity index (χ3n) is 3.92. The van der Waals surface area contributed by atoms with Crippen molar-refractivity contribution in [2.24, 2.45) is 12.5 Å². The Hall–Kier alpha value is -0.830. The van der Waals surface area contributed by atoms with Gasteiger partial charge in [0.1, 0.15) is 0 Å². The van der Waals surface area contributed by atoms with Crippen LogP contribution in [-0.4, -0.2) is 22.9 Å². The second-order valence-electron chi connectivity index (χ2n) is 5.03. The standard InChI is InChI=1S/C12H21N3/c1-5-12(3)8-13-7-10(12)11-6-9(2)14-15(11)4/h6,10,13H,5,7-8H2,1-4H3/t10-,12+/m0/s1. The lowest BCUT2D eigenvalue weighted by Gasteiger charge is -2.29. The molecule has 0 amide bonds. The van der Waals surface area contributed by atoms with Crippen molar-refractivity contribution in [3.63, 3.8) is 0 Å². The average Bonchev–Trinajstić information content (AvgIpc) is 2.70. The summed E-state index contributed by atoms with van der Waals surface area (Å²) in [4.78, 5) is 0. The molecule has 0 saturated carbocycles. The minimum atomic E-state index is 0.389. The number of nitrogens with zero attached hydrogens (tertiary/aromatic N) is 2. The van der Waals surface area contributed by atoms with E-state index in [1.54, 1.807) is 0 Å². The first kappa shape index (κ1) is 10.7. The van der Waals surface area contributed by atoms with E-state index in [1.165, 1.54) is 12.1 Å². The molecule has 3 nitrogen and oxygen atoms in total. The van der Waals surface area contributed by atoms with Crippen LogP contribution in [0, 0.1) is 12.3 Å². The Morgan fingerprint density at radius 2 is 2.40 bits per heavy atom. The summed E-state index contributed by atoms with van der Waals surface area (Å²) >= 11 is 0. The lowest BCUT2D eigenvalue weighted by Crippen LogP contribution is -2.25. The molecule has 0 radical (unpaired) electrons. The molecule has 2 rings (SSSR count). The first-order valence-corrected chi connectivity index (χ1v) is 5.78. The SMILES string of the molecule is CC[C@]1(C)CNC[C@H]1c1cc(C)nn1C. The third-order valence-corrected chi connectivity index (χ3v) is 3.92. The van der Waals surface area contributed by atoms with Crippen molar-refractivity contribution in [1.82, 2.24) is 15.1 Å². The Balaban J connectivity index is 2.34. The number of hydrogen-bond acceptors (Lipinski definition) is 2. The zero-order valence-corrected chi connectivity index (χ0v) is 10.2. The van der Waals surface area contributed by atoms with E-state index in [4.69, 9.17) is 0 Å². The fourth-order valence-corrected chi connectivity index (χ4v) is 2.66. The summed E-state index contributed by atoms with van der Waals surface area (Å²) in [5.74, 6) is 0.605. The number of rotatable bonds is 2. The molecule has 1 fully saturated rings. The highest BCUT2D eigenvalue weighted by Gasteiger charge is 2.39. The van der Waals surface area contributed by atoms with Crippen LogP contribution in [0.5, 0.6) is 0 Å². The number of hydrogen-bond donors (Lipinski definition) is 1. The smallest absolute Gasteiger partial charge is 0.0596 e. The second-order valence-corrected chi connectivity index (χ2v) is 5.03. The summed E-state index contributed by atoms with van der Waals surface area (Å²) < 4.78 is 2.04. The van der Waals surface area contributed by atoms with Gasteiger partial charge >= 0.3 is 0 Å². The highest BCUT2D eigenvalue weighted by molar-refractivity contribution is 5.19. The molecule has 1 aromatic heterocycles. The molecule has 2 atom stereocenters. The van der Waals surface area contributed by atoms with Crippen molar-refractivity contribution < 1.29 is 0 Å². The van der Waals surface area contributed by atoms with E-state index >= 15 is 0 Å². The third kappa shape index (κ3) is 1.69. The quantitative estimate of drug-likeness (QED) is 0.802. The van der Waals surface area contributed by atoms with Gasteiger partial charge in [0, 0.05) is 31.7 Å². The summed E-state index contributed by atoms with van der Waals surface area (Å²) in [6.07, 6.45) is 1.22. The van der Waals surface area contributed by atoms with Gasteiger partial charge in [-0.2, -0.15) is 5.10 Å². The molecule has 1 aliphatic rings. The van der Waals surface area contributed by atoms with Crippen LogP contribution < -0.4 is 5.32 Å². The topological polar surface area (TPSA) is 29.9 Å². The largest absolute Gasteiger partial charge is 0.315 e. The first-order chi connectivity index (χ1) is 7.07. The molecule has 2 heterocycles. The van der Waals surface area contributed by atoms with E-state index in [9.17, 15) is 0 Å². The minimum absolute atomic E-state index is 0.389. The Bertz CT molecular complexity index is 356. The van der Waals surface area contributed by atoms with Crippen molar-refractivity contribution in [3.8, 4) is 0 Å². The van der Waals surface area contributed by atoms with Crippen LogP contribution in [-0.2, 0) is 7.05 Å². The van der Waals surface area contributed by atoms with E-state index in [0.717, 1.165) is 18.8 Å². The van der Waals surface area contributed by atoms with Gasteiger partial charge in [0.2, 0.25) is 0 Å². The predicted octanol–water partition coefficient (Wildman–Crippen LogP) is 1.83. The molecule has 1 N–H and O–H groups in total. The summed E-state index contributed by atoms with van der Waals surface area (Å²) in [5, 5.41) is 7.95. The van der Waals surface area contributed by atoms with Crippen LogP contribution in [0.1, 0.15) is 37.6 Å². The van der Waals surface area contributed by atoms with E-state index < -0.39 is 0 Å². The highest BCUT2D eigenvalue weighted by Crippen LogP contribution is 2.41. The van der Waals surface area contributed by atoms with E-state index in [2.05, 4.69) is 44.3 Å². The van der Waals surface area contributed by atoms with Crippen LogP contribution in [0.25, 0.3) is 0 Å². The van der Waals surface area contributed by atoms with Crippen LogP contribution in [0.2, 0.25) is 0 Å². The van der Waals surface area contributed by atoms with Gasteiger partial charge in [0.15, 0.2) is 0 Å². The number of aryl methyl sites for hydroxylation is 2. The van der Waals surface area contributed by atoms with Crippen LogP contribution in [0.15, 0.2) is 6.07 Å². The molecule has 1 saturated heterocycles. The maximum absolute atomic E-state index is 4.44. The highest BCUT2D eigenvalue weighted by atomic mass is 15.3. The molecule has 0 aromatic carbocycles. The molecule has 0 unspecified atom stereocenters. The molecule has 0 aliphatic carbocycles. The van der Waals surface area contributed by atoms with Gasteiger partial charge in [-0.05, 0) is 24.8 Å². The van der Waals surface area contributed by atoms with E-state index in [1.807, 2.05) is 4.68 Å². The Kier molecular flexibility index (Phi) is 2.59. The molecular weight excluding hydrogens is 186 g/mol. The maximum Gasteiger partial charge on any atom is 0.0596 e. The maximum atomic E-state index is 4.44. The molecule has 1 aliphatic heterocycles. The van der Waals surface area contributed by atoms with Gasteiger partial charge in [0.05, 0.1) is 5.69 Å². The molecular formula is C12H21N3.